The maximum Gasteiger partial charge on any atom is 0.201 e. The number of rotatable bonds is 11. The van der Waals surface area contributed by atoms with Crippen LogP contribution in [0.5, 0.6) is 0 Å². The molecule has 0 bridgehead atoms. The minimum atomic E-state index is 0. The van der Waals surface area contributed by atoms with Gasteiger partial charge in [-0.2, -0.15) is 0 Å². The molecule has 1 aromatic carbocycles. The minimum absolute atomic E-state index is 0. The molecule has 0 radical (unpaired) electrons. The Hall–Kier alpha value is -1.13. The largest absolute Gasteiger partial charge is 1.00 e. The molecule has 5 aliphatic rings. The lowest BCUT2D eigenvalue weighted by molar-refractivity contribution is -0.001000. The molecule has 1 N–H and O–H groups in total. The highest BCUT2D eigenvalue weighted by atomic mass is 35.5. The van der Waals surface area contributed by atoms with E-state index >= 15 is 0 Å². The molecule has 6 nitrogen and oxygen atoms in total. The molecule has 2 heterocycles. The van der Waals surface area contributed by atoms with Gasteiger partial charge in [0.15, 0.2) is 0 Å². The highest BCUT2D eigenvalue weighted by Crippen LogP contribution is 2.36. The van der Waals surface area contributed by atoms with Crippen LogP contribution in [0.25, 0.3) is 20.8 Å². The van der Waals surface area contributed by atoms with Crippen LogP contribution in [0, 0.1) is 0 Å². The number of fused-ring (bicyclic) bond motifs is 4. The molecule has 6 rings (SSSR count). The Bertz CT molecular complexity index is 1430. The number of anilines is 1. The fraction of sp³-hybridized carbons (Fsp3) is 0.700. The minimum Gasteiger partial charge on any atom is -1.00 e. The quantitative estimate of drug-likeness (QED) is 0.135. The van der Waals surface area contributed by atoms with Crippen molar-refractivity contribution in [1.29, 1.82) is 0 Å². The molecule has 10 heteroatoms. The summed E-state index contributed by atoms with van der Waals surface area (Å²) in [6.45, 7) is 27.1. The summed E-state index contributed by atoms with van der Waals surface area (Å²) in [5.74, 6) is 0. The molecule has 1 aromatic rings. The number of benzene rings is 2. The predicted octanol–water partition coefficient (Wildman–Crippen LogP) is 0.735. The van der Waals surface area contributed by atoms with Gasteiger partial charge in [-0.25, -0.2) is 9.56 Å². The first kappa shape index (κ1) is 43.3. The number of nitrogens with zero attached hydrogens (tertiary/aromatic N) is 5. The van der Waals surface area contributed by atoms with Crippen molar-refractivity contribution in [1.82, 2.24) is 24.7 Å². The zero-order chi connectivity index (χ0) is 34.2. The van der Waals surface area contributed by atoms with Gasteiger partial charge in [-0.3, -0.25) is 0 Å². The highest BCUT2D eigenvalue weighted by molar-refractivity contribution is 7.80. The Morgan fingerprint density at radius 3 is 1.78 bits per heavy atom. The van der Waals surface area contributed by atoms with E-state index in [1.54, 1.807) is 11.8 Å². The number of nitrogens with one attached hydrogen (secondary N) is 1. The van der Waals surface area contributed by atoms with Gasteiger partial charge in [0, 0.05) is 55.8 Å². The number of thiol groups is 1. The smallest absolute Gasteiger partial charge is 0.201 e. The van der Waals surface area contributed by atoms with E-state index in [1.165, 1.54) is 85.3 Å². The van der Waals surface area contributed by atoms with Gasteiger partial charge in [0.25, 0.3) is 0 Å². The lowest BCUT2D eigenvalue weighted by atomic mass is 9.85. The van der Waals surface area contributed by atoms with Crippen molar-refractivity contribution in [3.63, 3.8) is 0 Å². The van der Waals surface area contributed by atoms with E-state index in [9.17, 15) is 0 Å². The van der Waals surface area contributed by atoms with Gasteiger partial charge < -0.3 is 44.8 Å². The van der Waals surface area contributed by atoms with Crippen LogP contribution in [0.2, 0.25) is 0 Å². The zero-order valence-corrected chi connectivity index (χ0v) is 35.4. The Labute approximate surface area is 325 Å². The van der Waals surface area contributed by atoms with Crippen molar-refractivity contribution in [3.05, 3.63) is 41.8 Å². The van der Waals surface area contributed by atoms with Gasteiger partial charge in [0.2, 0.25) is 5.36 Å². The molecule has 3 fully saturated rings. The first-order valence-corrected chi connectivity index (χ1v) is 21.4. The van der Waals surface area contributed by atoms with Gasteiger partial charge in [-0.05, 0) is 116 Å². The van der Waals surface area contributed by atoms with Crippen molar-refractivity contribution in [2.45, 2.75) is 129 Å². The van der Waals surface area contributed by atoms with Crippen molar-refractivity contribution in [2.75, 3.05) is 57.3 Å². The molecule has 3 aliphatic carbocycles. The Balaban J connectivity index is 0.000000260. The molecule has 0 aromatic heterocycles. The summed E-state index contributed by atoms with van der Waals surface area (Å²) in [5.41, 5.74) is 3.45. The highest BCUT2D eigenvalue weighted by Gasteiger charge is 2.49. The summed E-state index contributed by atoms with van der Waals surface area (Å²) in [6, 6.07) is 16.5. The fourth-order valence-corrected chi connectivity index (χ4v) is 11.9. The molecule has 1 saturated heterocycles. The monoisotopic (exact) mass is 764 g/mol. The standard InChI is InChI=1S/C20H39N3S.C20H26N3S.2ClH/c2*1-5-22(6-2)15-9-11-17-19(13-15)24-20-14-16(23(7-3)8-4)10-12-18(20)21-17;;/h15-21H,5-14H2,1-4H3;9-14H,5-8H2,1-4H3;2*1H/q;+1;;/p-1. The molecule has 282 valence electrons. The van der Waals surface area contributed by atoms with E-state index in [0.29, 0.717) is 0 Å². The first-order valence-electron chi connectivity index (χ1n) is 19.5. The van der Waals surface area contributed by atoms with Gasteiger partial charge in [0.05, 0.1) is 32.9 Å². The summed E-state index contributed by atoms with van der Waals surface area (Å²) >= 11 is 3.63. The molecule has 0 spiro atoms. The van der Waals surface area contributed by atoms with Gasteiger partial charge in [-0.1, -0.05) is 27.7 Å². The lowest BCUT2D eigenvalue weighted by Crippen LogP contribution is -3.00. The molecular formula is C40H66Cl2N6S2. The summed E-state index contributed by atoms with van der Waals surface area (Å²) in [7, 11) is 0. The van der Waals surface area contributed by atoms with E-state index in [1.807, 2.05) is 11.3 Å². The van der Waals surface area contributed by atoms with Crippen LogP contribution in [-0.2, 0) is 11.8 Å². The molecule has 2 aliphatic heterocycles. The second-order valence-corrected chi connectivity index (χ2v) is 16.6. The Kier molecular flexibility index (Phi) is 18.1. The summed E-state index contributed by atoms with van der Waals surface area (Å²) in [5, 5.41) is 7.19. The first-order chi connectivity index (χ1) is 23.4. The second kappa shape index (κ2) is 20.9. The lowest BCUT2D eigenvalue weighted by Gasteiger charge is -2.47. The van der Waals surface area contributed by atoms with Crippen LogP contribution >= 0.6 is 11.3 Å². The maximum atomic E-state index is 4.86. The number of hydrogen-bond acceptors (Lipinski definition) is 6. The average Bonchev–Trinajstić information content (AvgIpc) is 3.12. The van der Waals surface area contributed by atoms with Crippen molar-refractivity contribution < 1.29 is 24.8 Å². The van der Waals surface area contributed by atoms with Crippen molar-refractivity contribution in [2.24, 2.45) is 0 Å². The third-order valence-corrected chi connectivity index (χ3v) is 14.7. The fourth-order valence-electron chi connectivity index (χ4n) is 8.81. The van der Waals surface area contributed by atoms with E-state index in [-0.39, 0.29) is 24.8 Å². The molecule has 6 unspecified atom stereocenters. The third-order valence-electron chi connectivity index (χ3n) is 11.7. The van der Waals surface area contributed by atoms with Crippen LogP contribution in [0.1, 0.15) is 93.9 Å². The average molecular weight is 766 g/mol. The Morgan fingerprint density at radius 1 is 0.720 bits per heavy atom. The molecule has 0 amide bonds. The number of aromatic nitrogens is 1. The second-order valence-electron chi connectivity index (χ2n) is 13.9. The molecule has 2 saturated carbocycles. The van der Waals surface area contributed by atoms with Gasteiger partial charge >= 0.3 is 0 Å². The van der Waals surface area contributed by atoms with Gasteiger partial charge in [-0.15, -0.1) is 11.3 Å². The van der Waals surface area contributed by atoms with Gasteiger partial charge in [0.1, 0.15) is 23.6 Å². The van der Waals surface area contributed by atoms with Crippen molar-refractivity contribution >= 4 is 39.0 Å². The SMILES string of the molecule is CCN(CC)C1CCC2NC3CCC(N(CC)CC)CC3[SH+]C2C1.CCN(CC)c1ccc2nc3ccc(=[N+](CC)CC)cc-3sc2c1.[Cl-].[Cl-]. The van der Waals surface area contributed by atoms with Crippen LogP contribution in [0.4, 0.5) is 5.69 Å². The van der Waals surface area contributed by atoms with E-state index < -0.39 is 0 Å². The topological polar surface area (TPSA) is 37.6 Å². The van der Waals surface area contributed by atoms with E-state index in [0.717, 1.165) is 72.1 Å². The summed E-state index contributed by atoms with van der Waals surface area (Å²) < 4.78 is 3.63. The van der Waals surface area contributed by atoms with Crippen molar-refractivity contribution in [3.8, 4) is 10.6 Å². The van der Waals surface area contributed by atoms with Crippen LogP contribution in [0.3, 0.4) is 0 Å². The Morgan fingerprint density at radius 2 is 1.28 bits per heavy atom. The maximum absolute atomic E-state index is 4.86. The number of hydrogen-bond donors (Lipinski definition) is 1. The molecular weight excluding hydrogens is 700 g/mol. The zero-order valence-electron chi connectivity index (χ0n) is 32.2. The van der Waals surface area contributed by atoms with E-state index in [2.05, 4.69) is 116 Å². The predicted molar refractivity (Wildman–Crippen MR) is 214 cm³/mol. The summed E-state index contributed by atoms with van der Waals surface area (Å²) in [4.78, 5) is 13.9. The normalized spacial score (nSPS) is 24.4. The van der Waals surface area contributed by atoms with Crippen LogP contribution < -0.4 is 45.0 Å². The molecule has 6 atom stereocenters. The van der Waals surface area contributed by atoms with Crippen LogP contribution in [-0.4, -0.2) is 102 Å². The van der Waals surface area contributed by atoms with Crippen LogP contribution in [0.15, 0.2) is 36.4 Å². The number of halogens is 2. The molecule has 50 heavy (non-hydrogen) atoms. The summed E-state index contributed by atoms with van der Waals surface area (Å²) in [6.07, 6.45) is 8.48. The third kappa shape index (κ3) is 10.1. The van der Waals surface area contributed by atoms with E-state index in [4.69, 9.17) is 4.98 Å².